The maximum Gasteiger partial charge on any atom is 0.472 e. The zero-order valence-electron chi connectivity index (χ0n) is 44.4. The number of allylic oxidation sites excluding steroid dienone is 5. The first-order valence-corrected chi connectivity index (χ1v) is 29.8. The van der Waals surface area contributed by atoms with Crippen LogP contribution in [0.15, 0.2) is 36.5 Å². The number of carbonyl (C=O) groups is 1. The summed E-state index contributed by atoms with van der Waals surface area (Å²) in [5.41, 5.74) is 0. The van der Waals surface area contributed by atoms with E-state index in [1.165, 1.54) is 205 Å². The number of rotatable bonds is 52. The Morgan fingerprint density at radius 3 is 1.21 bits per heavy atom. The van der Waals surface area contributed by atoms with E-state index in [4.69, 9.17) is 9.05 Å². The maximum atomic E-state index is 12.9. The minimum atomic E-state index is -4.35. The van der Waals surface area contributed by atoms with Crippen molar-refractivity contribution in [2.45, 2.75) is 283 Å². The molecule has 0 aromatic carbocycles. The molecule has 0 rings (SSSR count). The lowest BCUT2D eigenvalue weighted by atomic mass is 10.0. The SMILES string of the molecule is C/C=C/CC/C=C/CC/C=C/C(O)C(COP(=O)(O)OCC[N+](C)(C)C)NC(=O)CCCCCCCCCCCCCCCCCCCCCCCCCCCCCCCCCCCCC. The molecule has 0 fully saturated rings. The molecule has 3 unspecified atom stereocenters. The van der Waals surface area contributed by atoms with Gasteiger partial charge in [-0.3, -0.25) is 13.8 Å². The molecule has 0 bridgehead atoms. The summed E-state index contributed by atoms with van der Waals surface area (Å²) in [6.07, 6.45) is 63.2. The second kappa shape index (κ2) is 48.7. The largest absolute Gasteiger partial charge is 0.472 e. The van der Waals surface area contributed by atoms with Crippen LogP contribution in [-0.2, 0) is 18.4 Å². The Kier molecular flexibility index (Phi) is 47.8. The van der Waals surface area contributed by atoms with Gasteiger partial charge >= 0.3 is 7.82 Å². The lowest BCUT2D eigenvalue weighted by Gasteiger charge is -2.25. The highest BCUT2D eigenvalue weighted by Gasteiger charge is 2.27. The van der Waals surface area contributed by atoms with Gasteiger partial charge in [0.05, 0.1) is 39.9 Å². The Morgan fingerprint density at radius 2 is 0.864 bits per heavy atom. The van der Waals surface area contributed by atoms with Crippen LogP contribution in [0, 0.1) is 0 Å². The zero-order chi connectivity index (χ0) is 48.5. The average Bonchev–Trinajstić information content (AvgIpc) is 3.28. The molecule has 1 amide bonds. The Bertz CT molecular complexity index is 1170. The molecule has 0 radical (unpaired) electrons. The number of amides is 1. The topological polar surface area (TPSA) is 105 Å². The summed E-state index contributed by atoms with van der Waals surface area (Å²) in [5, 5.41) is 13.8. The molecule has 9 heteroatoms. The summed E-state index contributed by atoms with van der Waals surface area (Å²) >= 11 is 0. The van der Waals surface area contributed by atoms with Gasteiger partial charge in [-0.2, -0.15) is 0 Å². The van der Waals surface area contributed by atoms with Gasteiger partial charge in [-0.05, 0) is 39.0 Å². The van der Waals surface area contributed by atoms with E-state index in [0.29, 0.717) is 17.4 Å². The summed E-state index contributed by atoms with van der Waals surface area (Å²) in [7, 11) is 1.55. The fraction of sp³-hybridized carbons (Fsp3) is 0.877. The van der Waals surface area contributed by atoms with Crippen molar-refractivity contribution in [3.05, 3.63) is 36.5 Å². The standard InChI is InChI=1S/C57H111N2O6P/c1-6-8-10-12-14-16-17-18-19-20-21-22-23-24-25-26-27-28-29-30-31-32-33-34-35-36-37-38-39-40-41-43-45-47-49-51-57(61)58-55(54-65-66(62,63)64-53-52-59(3,4)5)56(60)50-48-46-44-42-15-13-11-9-7-2/h7,9,15,42,48,50,55-56,60H,6,8,10-14,16-41,43-47,49,51-54H2,1-5H3,(H-,58,61,62,63)/p+1/b9-7+,42-15+,50-48+. The summed E-state index contributed by atoms with van der Waals surface area (Å²) in [5.74, 6) is -0.190. The molecule has 8 nitrogen and oxygen atoms in total. The van der Waals surface area contributed by atoms with Crippen LogP contribution in [0.4, 0.5) is 0 Å². The molecule has 0 heterocycles. The number of likely N-dealkylation sites (N-methyl/N-ethyl adjacent to an activating group) is 1. The highest BCUT2D eigenvalue weighted by molar-refractivity contribution is 7.47. The molecule has 3 atom stereocenters. The number of nitrogens with zero attached hydrogens (tertiary/aromatic N) is 1. The number of quaternary nitrogens is 1. The summed E-state index contributed by atoms with van der Waals surface area (Å²) < 4.78 is 23.5. The smallest absolute Gasteiger partial charge is 0.387 e. The third-order valence-corrected chi connectivity index (χ3v) is 13.9. The fourth-order valence-electron chi connectivity index (χ4n) is 8.50. The van der Waals surface area contributed by atoms with Crippen LogP contribution in [-0.4, -0.2) is 73.4 Å². The molecule has 0 aromatic rings. The molecule has 0 saturated heterocycles. The predicted molar refractivity (Wildman–Crippen MR) is 286 cm³/mol. The van der Waals surface area contributed by atoms with Crippen LogP contribution in [0.3, 0.4) is 0 Å². The van der Waals surface area contributed by atoms with E-state index in [1.807, 2.05) is 34.1 Å². The van der Waals surface area contributed by atoms with Crippen molar-refractivity contribution in [2.75, 3.05) is 40.9 Å². The monoisotopic (exact) mass is 952 g/mol. The van der Waals surface area contributed by atoms with E-state index < -0.39 is 20.0 Å². The third-order valence-electron chi connectivity index (χ3n) is 12.9. The first-order chi connectivity index (χ1) is 32.0. The predicted octanol–water partition coefficient (Wildman–Crippen LogP) is 17.0. The first-order valence-electron chi connectivity index (χ1n) is 28.3. The molecule has 0 aliphatic carbocycles. The molecule has 390 valence electrons. The van der Waals surface area contributed by atoms with Crippen LogP contribution in [0.25, 0.3) is 0 Å². The van der Waals surface area contributed by atoms with Gasteiger partial charge in [0.1, 0.15) is 13.2 Å². The first kappa shape index (κ1) is 64.7. The van der Waals surface area contributed by atoms with E-state index in [0.717, 1.165) is 44.9 Å². The van der Waals surface area contributed by atoms with Gasteiger partial charge in [0, 0.05) is 6.42 Å². The van der Waals surface area contributed by atoms with Gasteiger partial charge in [-0.15, -0.1) is 0 Å². The average molecular weight is 953 g/mol. The Balaban J connectivity index is 3.84. The molecular formula is C57H112N2O6P+. The van der Waals surface area contributed by atoms with Crippen LogP contribution in [0.5, 0.6) is 0 Å². The van der Waals surface area contributed by atoms with Crippen molar-refractivity contribution in [2.24, 2.45) is 0 Å². The van der Waals surface area contributed by atoms with Gasteiger partial charge in [0.2, 0.25) is 5.91 Å². The zero-order valence-corrected chi connectivity index (χ0v) is 45.3. The number of hydrogen-bond donors (Lipinski definition) is 3. The van der Waals surface area contributed by atoms with Gasteiger partial charge in [0.15, 0.2) is 0 Å². The van der Waals surface area contributed by atoms with Crippen molar-refractivity contribution >= 4 is 13.7 Å². The highest BCUT2D eigenvalue weighted by atomic mass is 31.2. The van der Waals surface area contributed by atoms with E-state index in [9.17, 15) is 19.4 Å². The number of phosphoric acid groups is 1. The van der Waals surface area contributed by atoms with Crippen molar-refractivity contribution in [3.8, 4) is 0 Å². The second-order valence-corrected chi connectivity index (χ2v) is 22.1. The van der Waals surface area contributed by atoms with Crippen molar-refractivity contribution in [1.82, 2.24) is 5.32 Å². The van der Waals surface area contributed by atoms with Crippen LogP contribution < -0.4 is 5.32 Å². The molecule has 0 saturated carbocycles. The summed E-state index contributed by atoms with van der Waals surface area (Å²) in [6.45, 7) is 4.57. The molecular weight excluding hydrogens is 840 g/mol. The number of nitrogens with one attached hydrogen (secondary N) is 1. The number of unbranched alkanes of at least 4 members (excludes halogenated alkanes) is 36. The van der Waals surface area contributed by atoms with E-state index >= 15 is 0 Å². The second-order valence-electron chi connectivity index (χ2n) is 20.7. The lowest BCUT2D eigenvalue weighted by molar-refractivity contribution is -0.870. The Morgan fingerprint density at radius 1 is 0.530 bits per heavy atom. The molecule has 3 N–H and O–H groups in total. The van der Waals surface area contributed by atoms with Crippen LogP contribution in [0.2, 0.25) is 0 Å². The van der Waals surface area contributed by atoms with Gasteiger partial charge in [-0.1, -0.05) is 262 Å². The van der Waals surface area contributed by atoms with Crippen molar-refractivity contribution in [1.29, 1.82) is 0 Å². The third kappa shape index (κ3) is 50.6. The number of aliphatic hydroxyl groups excluding tert-OH is 1. The minimum absolute atomic E-state index is 0.0543. The van der Waals surface area contributed by atoms with Crippen LogP contribution >= 0.6 is 7.82 Å². The molecule has 66 heavy (non-hydrogen) atoms. The molecule has 0 aliphatic rings. The van der Waals surface area contributed by atoms with Gasteiger partial charge in [-0.25, -0.2) is 4.57 Å². The normalized spacial score (nSPS) is 14.2. The van der Waals surface area contributed by atoms with Gasteiger partial charge < -0.3 is 19.8 Å². The van der Waals surface area contributed by atoms with Crippen molar-refractivity contribution < 1.29 is 32.9 Å². The number of carbonyl (C=O) groups excluding carboxylic acids is 1. The lowest BCUT2D eigenvalue weighted by Crippen LogP contribution is -2.45. The summed E-state index contributed by atoms with van der Waals surface area (Å²) in [4.78, 5) is 23.1. The summed E-state index contributed by atoms with van der Waals surface area (Å²) in [6, 6.07) is -0.865. The number of phosphoric ester groups is 1. The van der Waals surface area contributed by atoms with Crippen molar-refractivity contribution in [3.63, 3.8) is 0 Å². The fourth-order valence-corrected chi connectivity index (χ4v) is 9.23. The highest BCUT2D eigenvalue weighted by Crippen LogP contribution is 2.43. The van der Waals surface area contributed by atoms with Gasteiger partial charge in [0.25, 0.3) is 0 Å². The number of aliphatic hydroxyl groups is 1. The molecule has 0 aliphatic heterocycles. The minimum Gasteiger partial charge on any atom is -0.387 e. The maximum absolute atomic E-state index is 12.9. The Hall–Kier alpha value is -1.28. The van der Waals surface area contributed by atoms with E-state index in [2.05, 4.69) is 36.5 Å². The molecule has 0 spiro atoms. The van der Waals surface area contributed by atoms with Crippen LogP contribution in [0.1, 0.15) is 271 Å². The molecule has 0 aromatic heterocycles. The van der Waals surface area contributed by atoms with E-state index in [1.54, 1.807) is 6.08 Å². The quantitative estimate of drug-likeness (QED) is 0.0243. The van der Waals surface area contributed by atoms with E-state index in [-0.39, 0.29) is 19.1 Å². The Labute approximate surface area is 410 Å². The number of hydrogen-bond acceptors (Lipinski definition) is 5.